The van der Waals surface area contributed by atoms with Crippen molar-refractivity contribution in [2.45, 2.75) is 0 Å². The van der Waals surface area contributed by atoms with Gasteiger partial charge in [0.2, 0.25) is 0 Å². The Morgan fingerprint density at radius 2 is 1.53 bits per heavy atom. The van der Waals surface area contributed by atoms with Crippen LogP contribution in [0.3, 0.4) is 0 Å². The number of hydrogen-bond acceptors (Lipinski definition) is 2. The van der Waals surface area contributed by atoms with Crippen molar-refractivity contribution in [3.05, 3.63) is 36.4 Å². The predicted molar refractivity (Wildman–Crippen MR) is 67.2 cm³/mol. The largest absolute Gasteiger partial charge is 0.507 e. The highest BCUT2D eigenvalue weighted by Gasteiger charge is 2.04. The minimum atomic E-state index is 0. The molecule has 0 aromatic heterocycles. The van der Waals surface area contributed by atoms with Crippen molar-refractivity contribution in [1.82, 2.24) is 0 Å². The third-order valence-electron chi connectivity index (χ3n) is 2.36. The monoisotopic (exact) mass is 223 g/mol. The maximum Gasteiger partial charge on any atom is 0.123 e. The molecule has 0 unspecified atom stereocenters. The average molecular weight is 224 g/mol. The van der Waals surface area contributed by atoms with Gasteiger partial charge >= 0.3 is 0 Å². The number of hydrogen-bond donors (Lipinski definition) is 1. The lowest BCUT2D eigenvalue weighted by molar-refractivity contribution is 0.481. The summed E-state index contributed by atoms with van der Waals surface area (Å²) in [5, 5.41) is 11.6. The highest BCUT2D eigenvalue weighted by molar-refractivity contribution is 5.97. The Morgan fingerprint density at radius 1 is 0.933 bits per heavy atom. The molecule has 0 heterocycles. The molecule has 0 aliphatic heterocycles. The molecule has 0 atom stereocenters. The lowest BCUT2D eigenvalue weighted by Gasteiger charge is -2.15. The molecule has 3 heteroatoms. The van der Waals surface area contributed by atoms with Crippen LogP contribution in [0.4, 0.5) is 5.69 Å². The first kappa shape index (κ1) is 11.7. The molecule has 2 nitrogen and oxygen atoms in total. The third kappa shape index (κ3) is 2.00. The van der Waals surface area contributed by atoms with Crippen LogP contribution < -0.4 is 4.90 Å². The van der Waals surface area contributed by atoms with E-state index in [1.165, 1.54) is 0 Å². The number of benzene rings is 2. The number of nitrogens with zero attached hydrogens (tertiary/aromatic N) is 1. The van der Waals surface area contributed by atoms with E-state index < -0.39 is 0 Å². The average Bonchev–Trinajstić information content (AvgIpc) is 2.18. The highest BCUT2D eigenvalue weighted by atomic mass is 35.5. The highest BCUT2D eigenvalue weighted by Crippen LogP contribution is 2.31. The summed E-state index contributed by atoms with van der Waals surface area (Å²) < 4.78 is 0. The van der Waals surface area contributed by atoms with Gasteiger partial charge in [-0.2, -0.15) is 0 Å². The summed E-state index contributed by atoms with van der Waals surface area (Å²) in [6, 6.07) is 11.5. The fraction of sp³-hybridized carbons (Fsp3) is 0.167. The molecule has 0 aliphatic carbocycles. The van der Waals surface area contributed by atoms with Crippen LogP contribution in [0, 0.1) is 0 Å². The van der Waals surface area contributed by atoms with Gasteiger partial charge in [0.05, 0.1) is 0 Å². The molecule has 2 aromatic rings. The summed E-state index contributed by atoms with van der Waals surface area (Å²) in [5.74, 6) is 0.339. The molecule has 0 bridgehead atoms. The van der Waals surface area contributed by atoms with E-state index in [9.17, 15) is 5.11 Å². The zero-order valence-corrected chi connectivity index (χ0v) is 9.58. The molecule has 0 spiro atoms. The van der Waals surface area contributed by atoms with Gasteiger partial charge < -0.3 is 10.0 Å². The van der Waals surface area contributed by atoms with Crippen molar-refractivity contribution in [3.63, 3.8) is 0 Å². The van der Waals surface area contributed by atoms with E-state index in [4.69, 9.17) is 0 Å². The Kier molecular flexibility index (Phi) is 3.43. The second kappa shape index (κ2) is 4.41. The first-order chi connectivity index (χ1) is 6.70. The molecule has 0 fully saturated rings. The molecule has 80 valence electrons. The topological polar surface area (TPSA) is 23.5 Å². The van der Waals surface area contributed by atoms with Crippen LogP contribution in [0.15, 0.2) is 36.4 Å². The quantitative estimate of drug-likeness (QED) is 0.804. The van der Waals surface area contributed by atoms with Crippen LogP contribution in [0.2, 0.25) is 0 Å². The molecule has 0 aliphatic rings. The number of aromatic hydroxyl groups is 1. The number of rotatable bonds is 1. The Balaban J connectivity index is 0.00000112. The van der Waals surface area contributed by atoms with Crippen molar-refractivity contribution in [2.75, 3.05) is 19.0 Å². The van der Waals surface area contributed by atoms with E-state index in [-0.39, 0.29) is 12.4 Å². The van der Waals surface area contributed by atoms with Crippen LogP contribution in [0.25, 0.3) is 10.8 Å². The number of halogens is 1. The van der Waals surface area contributed by atoms with Gasteiger partial charge in [0.25, 0.3) is 0 Å². The summed E-state index contributed by atoms with van der Waals surface area (Å²) in [4.78, 5) is 2.04. The SMILES string of the molecule is CN(C)c1ccc(O)c2ccccc12.Cl. The first-order valence-electron chi connectivity index (χ1n) is 4.58. The molecule has 0 amide bonds. The summed E-state index contributed by atoms with van der Waals surface area (Å²) in [7, 11) is 4.00. The number of fused-ring (bicyclic) bond motifs is 1. The van der Waals surface area contributed by atoms with Crippen molar-refractivity contribution in [3.8, 4) is 5.75 Å². The van der Waals surface area contributed by atoms with E-state index in [1.54, 1.807) is 6.07 Å². The predicted octanol–water partition coefficient (Wildman–Crippen LogP) is 3.03. The minimum absolute atomic E-state index is 0. The van der Waals surface area contributed by atoms with Crippen LogP contribution in [0.1, 0.15) is 0 Å². The Hall–Kier alpha value is -1.41. The van der Waals surface area contributed by atoms with Crippen molar-refractivity contribution >= 4 is 28.9 Å². The maximum absolute atomic E-state index is 9.66. The van der Waals surface area contributed by atoms with E-state index in [1.807, 2.05) is 49.3 Å². The van der Waals surface area contributed by atoms with Crippen LogP contribution >= 0.6 is 12.4 Å². The molecule has 1 N–H and O–H groups in total. The Labute approximate surface area is 95.6 Å². The summed E-state index contributed by atoms with van der Waals surface area (Å²) in [5.41, 5.74) is 1.12. The van der Waals surface area contributed by atoms with Crippen LogP contribution in [-0.2, 0) is 0 Å². The molecule has 15 heavy (non-hydrogen) atoms. The van der Waals surface area contributed by atoms with E-state index in [0.717, 1.165) is 16.5 Å². The number of phenolic OH excluding ortho intramolecular Hbond substituents is 1. The van der Waals surface area contributed by atoms with Gasteiger partial charge in [0, 0.05) is 30.6 Å². The molecular weight excluding hydrogens is 210 g/mol. The second-order valence-corrected chi connectivity index (χ2v) is 3.54. The lowest BCUT2D eigenvalue weighted by atomic mass is 10.1. The van der Waals surface area contributed by atoms with Gasteiger partial charge in [0.1, 0.15) is 5.75 Å². The standard InChI is InChI=1S/C12H13NO.ClH/c1-13(2)11-7-8-12(14)10-6-4-3-5-9(10)11;/h3-8,14H,1-2H3;1H. The van der Waals surface area contributed by atoms with Gasteiger partial charge in [-0.15, -0.1) is 12.4 Å². The molecular formula is C12H14ClNO. The zero-order valence-electron chi connectivity index (χ0n) is 8.77. The van der Waals surface area contributed by atoms with Gasteiger partial charge in [-0.1, -0.05) is 24.3 Å². The fourth-order valence-corrected chi connectivity index (χ4v) is 1.66. The molecule has 2 aromatic carbocycles. The summed E-state index contributed by atoms with van der Waals surface area (Å²) in [6.07, 6.45) is 0. The number of phenols is 1. The maximum atomic E-state index is 9.66. The van der Waals surface area contributed by atoms with Gasteiger partial charge in [-0.3, -0.25) is 0 Å². The van der Waals surface area contributed by atoms with E-state index in [0.29, 0.717) is 5.75 Å². The molecule has 0 saturated carbocycles. The van der Waals surface area contributed by atoms with Crippen LogP contribution in [-0.4, -0.2) is 19.2 Å². The van der Waals surface area contributed by atoms with Crippen LogP contribution in [0.5, 0.6) is 5.75 Å². The van der Waals surface area contributed by atoms with Gasteiger partial charge in [-0.05, 0) is 12.1 Å². The third-order valence-corrected chi connectivity index (χ3v) is 2.36. The van der Waals surface area contributed by atoms with Gasteiger partial charge in [-0.25, -0.2) is 0 Å². The zero-order chi connectivity index (χ0) is 10.1. The molecule has 2 rings (SSSR count). The summed E-state index contributed by atoms with van der Waals surface area (Å²) in [6.45, 7) is 0. The molecule has 0 saturated heterocycles. The van der Waals surface area contributed by atoms with Crippen molar-refractivity contribution in [2.24, 2.45) is 0 Å². The van der Waals surface area contributed by atoms with Crippen molar-refractivity contribution in [1.29, 1.82) is 0 Å². The Morgan fingerprint density at radius 3 is 2.13 bits per heavy atom. The molecule has 0 radical (unpaired) electrons. The summed E-state index contributed by atoms with van der Waals surface area (Å²) >= 11 is 0. The lowest BCUT2D eigenvalue weighted by Crippen LogP contribution is -2.08. The first-order valence-corrected chi connectivity index (χ1v) is 4.58. The van der Waals surface area contributed by atoms with Gasteiger partial charge in [0.15, 0.2) is 0 Å². The number of anilines is 1. The van der Waals surface area contributed by atoms with Crippen molar-refractivity contribution < 1.29 is 5.11 Å². The normalized spacial score (nSPS) is 9.73. The Bertz CT molecular complexity index is 468. The fourth-order valence-electron chi connectivity index (χ4n) is 1.66. The van der Waals surface area contributed by atoms with E-state index in [2.05, 4.69) is 0 Å². The smallest absolute Gasteiger partial charge is 0.123 e. The second-order valence-electron chi connectivity index (χ2n) is 3.54. The minimum Gasteiger partial charge on any atom is -0.507 e. The van der Waals surface area contributed by atoms with E-state index >= 15 is 0 Å².